The van der Waals surface area contributed by atoms with Gasteiger partial charge in [-0.1, -0.05) is 43.0 Å². The number of allylic oxidation sites excluding steroid dienone is 2. The number of carbonyl (C=O) groups is 1. The van der Waals surface area contributed by atoms with Crippen molar-refractivity contribution in [1.82, 2.24) is 19.0 Å². The number of imidazole rings is 1. The highest BCUT2D eigenvalue weighted by Crippen LogP contribution is 2.31. The molecule has 0 radical (unpaired) electrons. The van der Waals surface area contributed by atoms with Crippen LogP contribution in [0, 0.1) is 0 Å². The van der Waals surface area contributed by atoms with Gasteiger partial charge in [0.1, 0.15) is 18.1 Å². The predicted octanol–water partition coefficient (Wildman–Crippen LogP) is 4.90. The molecule has 1 N–H and O–H groups in total. The first-order valence-corrected chi connectivity index (χ1v) is 12.1. The van der Waals surface area contributed by atoms with Crippen molar-refractivity contribution in [3.05, 3.63) is 89.5 Å². The molecular formula is C28H30N4O3. The second-order valence-electron chi connectivity index (χ2n) is 8.84. The SMILES string of the molecule is C=CCOc1cccc2c1cc(C(=O)N1CCC(n3c(=O)[nH]c4ccccc43)CC1)n2C/C=C\C. The highest BCUT2D eigenvalue weighted by Gasteiger charge is 2.28. The number of hydrogen-bond acceptors (Lipinski definition) is 3. The van der Waals surface area contributed by atoms with Crippen molar-refractivity contribution in [1.29, 1.82) is 0 Å². The molecule has 1 aliphatic rings. The number of amides is 1. The van der Waals surface area contributed by atoms with Crippen molar-refractivity contribution in [2.24, 2.45) is 0 Å². The van der Waals surface area contributed by atoms with Gasteiger partial charge in [0, 0.05) is 31.1 Å². The van der Waals surface area contributed by atoms with E-state index in [1.54, 1.807) is 6.08 Å². The van der Waals surface area contributed by atoms with Crippen LogP contribution in [0.3, 0.4) is 0 Å². The smallest absolute Gasteiger partial charge is 0.326 e. The van der Waals surface area contributed by atoms with Gasteiger partial charge in [-0.05, 0) is 50.1 Å². The Morgan fingerprint density at radius 1 is 1.14 bits per heavy atom. The summed E-state index contributed by atoms with van der Waals surface area (Å²) in [5, 5.41) is 0.919. The molecule has 5 rings (SSSR count). The molecule has 0 unspecified atom stereocenters. The van der Waals surface area contributed by atoms with Gasteiger partial charge in [0.2, 0.25) is 0 Å². The molecule has 0 atom stereocenters. The lowest BCUT2D eigenvalue weighted by Crippen LogP contribution is -2.41. The van der Waals surface area contributed by atoms with Gasteiger partial charge < -0.3 is 19.2 Å². The number of benzene rings is 2. The van der Waals surface area contributed by atoms with Gasteiger partial charge in [0.25, 0.3) is 5.91 Å². The van der Waals surface area contributed by atoms with Crippen molar-refractivity contribution < 1.29 is 9.53 Å². The number of nitrogens with one attached hydrogen (secondary N) is 1. The molecule has 2 aromatic carbocycles. The standard InChI is InChI=1S/C28H30N4O3/c1-3-5-15-31-23-11-8-12-26(35-18-4-2)21(23)19-25(31)27(33)30-16-13-20(14-17-30)32-24-10-7-6-9-22(24)29-28(32)34/h3-12,19-20H,2,13-18H2,1H3,(H,29,34)/b5-3-. The number of para-hydroxylation sites is 2. The number of aromatic amines is 1. The van der Waals surface area contributed by atoms with Crippen molar-refractivity contribution in [2.45, 2.75) is 32.4 Å². The van der Waals surface area contributed by atoms with E-state index in [1.165, 1.54) is 0 Å². The lowest BCUT2D eigenvalue weighted by atomic mass is 10.0. The Morgan fingerprint density at radius 2 is 1.91 bits per heavy atom. The van der Waals surface area contributed by atoms with E-state index < -0.39 is 0 Å². The summed E-state index contributed by atoms with van der Waals surface area (Å²) in [5.41, 5.74) is 3.29. The summed E-state index contributed by atoms with van der Waals surface area (Å²) in [7, 11) is 0. The second-order valence-corrected chi connectivity index (χ2v) is 8.84. The first-order chi connectivity index (χ1) is 17.1. The van der Waals surface area contributed by atoms with Gasteiger partial charge in [-0.15, -0.1) is 0 Å². The third-order valence-electron chi connectivity index (χ3n) is 6.75. The average molecular weight is 471 g/mol. The Balaban J connectivity index is 1.42. The summed E-state index contributed by atoms with van der Waals surface area (Å²) >= 11 is 0. The zero-order valence-electron chi connectivity index (χ0n) is 19.9. The lowest BCUT2D eigenvalue weighted by molar-refractivity contribution is 0.0685. The van der Waals surface area contributed by atoms with Crippen molar-refractivity contribution in [3.63, 3.8) is 0 Å². The number of piperidine rings is 1. The van der Waals surface area contributed by atoms with Crippen LogP contribution in [0.25, 0.3) is 21.9 Å². The van der Waals surface area contributed by atoms with Gasteiger partial charge in [-0.2, -0.15) is 0 Å². The largest absolute Gasteiger partial charge is 0.489 e. The topological polar surface area (TPSA) is 72.3 Å². The fraction of sp³-hybridized carbons (Fsp3) is 0.286. The number of fused-ring (bicyclic) bond motifs is 2. The molecule has 0 saturated carbocycles. The minimum absolute atomic E-state index is 0.00472. The molecule has 35 heavy (non-hydrogen) atoms. The van der Waals surface area contributed by atoms with Crippen LogP contribution in [0.15, 0.2) is 78.1 Å². The van der Waals surface area contributed by atoms with E-state index in [-0.39, 0.29) is 17.6 Å². The van der Waals surface area contributed by atoms with Crippen LogP contribution in [0.5, 0.6) is 5.75 Å². The number of H-pyrrole nitrogens is 1. The van der Waals surface area contributed by atoms with Crippen molar-refractivity contribution >= 4 is 27.8 Å². The minimum Gasteiger partial charge on any atom is -0.489 e. The van der Waals surface area contributed by atoms with E-state index in [1.807, 2.05) is 77.1 Å². The molecule has 180 valence electrons. The van der Waals surface area contributed by atoms with Gasteiger partial charge in [0.15, 0.2) is 0 Å². The number of ether oxygens (including phenoxy) is 1. The van der Waals surface area contributed by atoms with E-state index in [2.05, 4.69) is 16.1 Å². The monoisotopic (exact) mass is 470 g/mol. The molecule has 1 saturated heterocycles. The molecule has 7 heteroatoms. The molecular weight excluding hydrogens is 440 g/mol. The summed E-state index contributed by atoms with van der Waals surface area (Å²) in [5.74, 6) is 0.748. The molecule has 7 nitrogen and oxygen atoms in total. The van der Waals surface area contributed by atoms with Gasteiger partial charge in [-0.3, -0.25) is 9.36 Å². The average Bonchev–Trinajstić information content (AvgIpc) is 3.43. The molecule has 2 aromatic heterocycles. The fourth-order valence-corrected chi connectivity index (χ4v) is 5.04. The van der Waals surface area contributed by atoms with E-state index >= 15 is 0 Å². The maximum atomic E-state index is 13.7. The van der Waals surface area contributed by atoms with Crippen LogP contribution in [-0.2, 0) is 6.54 Å². The summed E-state index contributed by atoms with van der Waals surface area (Å²) < 4.78 is 9.76. The molecule has 0 spiro atoms. The number of nitrogens with zero attached hydrogens (tertiary/aromatic N) is 3. The Morgan fingerprint density at radius 3 is 2.69 bits per heavy atom. The van der Waals surface area contributed by atoms with Gasteiger partial charge >= 0.3 is 5.69 Å². The Hall–Kier alpha value is -4.00. The molecule has 1 amide bonds. The second kappa shape index (κ2) is 9.70. The number of likely N-dealkylation sites (tertiary alicyclic amines) is 1. The summed E-state index contributed by atoms with van der Waals surface area (Å²) in [4.78, 5) is 31.2. The molecule has 1 fully saturated rings. The molecule has 1 aliphatic heterocycles. The number of rotatable bonds is 7. The zero-order chi connectivity index (χ0) is 24.4. The van der Waals surface area contributed by atoms with Gasteiger partial charge in [-0.25, -0.2) is 4.79 Å². The molecule has 4 aromatic rings. The lowest BCUT2D eigenvalue weighted by Gasteiger charge is -2.32. The Labute approximate surface area is 203 Å². The van der Waals surface area contributed by atoms with Crippen LogP contribution >= 0.6 is 0 Å². The van der Waals surface area contributed by atoms with Crippen LogP contribution in [-0.4, -0.2) is 44.6 Å². The van der Waals surface area contributed by atoms with E-state index in [0.29, 0.717) is 31.9 Å². The predicted molar refractivity (Wildman–Crippen MR) is 139 cm³/mol. The summed E-state index contributed by atoms with van der Waals surface area (Å²) in [6, 6.07) is 15.7. The minimum atomic E-state index is -0.0884. The maximum Gasteiger partial charge on any atom is 0.326 e. The highest BCUT2D eigenvalue weighted by atomic mass is 16.5. The Kier molecular flexibility index (Phi) is 6.31. The highest BCUT2D eigenvalue weighted by molar-refractivity contribution is 6.00. The normalized spacial score (nSPS) is 14.8. The quantitative estimate of drug-likeness (QED) is 0.391. The maximum absolute atomic E-state index is 13.7. The van der Waals surface area contributed by atoms with Crippen LogP contribution in [0.4, 0.5) is 0 Å². The summed E-state index contributed by atoms with van der Waals surface area (Å²) in [6.07, 6.45) is 7.21. The fourth-order valence-electron chi connectivity index (χ4n) is 5.04. The molecule has 3 heterocycles. The van der Waals surface area contributed by atoms with E-state index in [9.17, 15) is 9.59 Å². The van der Waals surface area contributed by atoms with E-state index in [4.69, 9.17) is 4.74 Å². The third kappa shape index (κ3) is 4.18. The summed E-state index contributed by atoms with van der Waals surface area (Å²) in [6.45, 7) is 7.91. The Bertz CT molecular complexity index is 1460. The molecule has 0 bridgehead atoms. The number of hydrogen-bond donors (Lipinski definition) is 1. The van der Waals surface area contributed by atoms with Crippen molar-refractivity contribution in [2.75, 3.05) is 19.7 Å². The first-order valence-electron chi connectivity index (χ1n) is 12.1. The van der Waals surface area contributed by atoms with Crippen LogP contribution < -0.4 is 10.4 Å². The molecule has 0 aliphatic carbocycles. The number of carbonyl (C=O) groups excluding carboxylic acids is 1. The number of aromatic nitrogens is 3. The van der Waals surface area contributed by atoms with Crippen LogP contribution in [0.1, 0.15) is 36.3 Å². The first kappa shape index (κ1) is 22.8. The van der Waals surface area contributed by atoms with Gasteiger partial charge in [0.05, 0.1) is 16.6 Å². The van der Waals surface area contributed by atoms with E-state index in [0.717, 1.165) is 40.5 Å². The third-order valence-corrected chi connectivity index (χ3v) is 6.75. The van der Waals surface area contributed by atoms with Crippen molar-refractivity contribution in [3.8, 4) is 5.75 Å². The van der Waals surface area contributed by atoms with Crippen LogP contribution in [0.2, 0.25) is 0 Å². The zero-order valence-corrected chi connectivity index (χ0v) is 19.9.